The van der Waals surface area contributed by atoms with Crippen LogP contribution in [0.25, 0.3) is 44.2 Å². The lowest BCUT2D eigenvalue weighted by Crippen LogP contribution is -2.01. The highest BCUT2D eigenvalue weighted by molar-refractivity contribution is 6.15. The first-order valence-corrected chi connectivity index (χ1v) is 8.98. The van der Waals surface area contributed by atoms with Gasteiger partial charge in [-0.2, -0.15) is 0 Å². The molecule has 140 valence electrons. The molecule has 0 amide bonds. The molecule has 0 saturated heterocycles. The summed E-state index contributed by atoms with van der Waals surface area (Å²) in [6.45, 7) is 0. The third kappa shape index (κ3) is 2.63. The second-order valence-corrected chi connectivity index (χ2v) is 6.83. The summed E-state index contributed by atoms with van der Waals surface area (Å²) in [5, 5.41) is 21.8. The zero-order valence-electron chi connectivity index (χ0n) is 15.0. The average molecular weight is 382 g/mol. The molecule has 29 heavy (non-hydrogen) atoms. The number of carbonyl (C=O) groups is 1. The number of phenols is 1. The molecule has 2 N–H and O–H groups in total. The van der Waals surface area contributed by atoms with Crippen LogP contribution in [0, 0.1) is 0 Å². The van der Waals surface area contributed by atoms with E-state index in [1.54, 1.807) is 30.3 Å². The van der Waals surface area contributed by atoms with Gasteiger partial charge in [0, 0.05) is 34.0 Å². The largest absolute Gasteiger partial charge is 0.508 e. The first-order chi connectivity index (χ1) is 14.0. The smallest absolute Gasteiger partial charge is 0.336 e. The molecular weight excluding hydrogens is 368 g/mol. The average Bonchev–Trinajstić information content (AvgIpc) is 2.71. The van der Waals surface area contributed by atoms with Crippen molar-refractivity contribution in [2.45, 2.75) is 0 Å². The number of fused-ring (bicyclic) bond motifs is 3. The van der Waals surface area contributed by atoms with Crippen molar-refractivity contribution in [3.63, 3.8) is 0 Å². The molecule has 1 aliphatic heterocycles. The Balaban J connectivity index is 2.03. The number of hydrogen-bond donors (Lipinski definition) is 2. The molecule has 5 rings (SSSR count). The van der Waals surface area contributed by atoms with Gasteiger partial charge in [0.05, 0.1) is 5.56 Å². The van der Waals surface area contributed by atoms with E-state index in [1.165, 1.54) is 18.2 Å². The highest BCUT2D eigenvalue weighted by Crippen LogP contribution is 2.43. The van der Waals surface area contributed by atoms with E-state index in [0.29, 0.717) is 27.7 Å². The first-order valence-electron chi connectivity index (χ1n) is 8.98. The van der Waals surface area contributed by atoms with E-state index in [0.717, 1.165) is 16.5 Å². The standard InChI is InChI=1S/C24H14O5/c25-14-7-9-16-20(11-14)29-21-12-15(26)8-10-17(21)23(16)18-5-1-3-13-4-2-6-19(22(13)18)24(27)28/h1-12,25H,(H,27,28). The fourth-order valence-corrected chi connectivity index (χ4v) is 3.88. The number of benzene rings is 4. The Bertz CT molecular complexity index is 1460. The summed E-state index contributed by atoms with van der Waals surface area (Å²) in [6.07, 6.45) is 0. The fourth-order valence-electron chi connectivity index (χ4n) is 3.88. The molecule has 0 spiro atoms. The molecule has 3 aromatic rings. The quantitative estimate of drug-likeness (QED) is 0.414. The second-order valence-electron chi connectivity index (χ2n) is 6.83. The normalized spacial score (nSPS) is 11.3. The van der Waals surface area contributed by atoms with Crippen LogP contribution in [0.2, 0.25) is 0 Å². The molecule has 5 heteroatoms. The Hall–Kier alpha value is -4.12. The Morgan fingerprint density at radius 3 is 2.45 bits per heavy atom. The molecule has 0 saturated carbocycles. The van der Waals surface area contributed by atoms with Crippen LogP contribution in [0.4, 0.5) is 0 Å². The monoisotopic (exact) mass is 382 g/mol. The van der Waals surface area contributed by atoms with Crippen molar-refractivity contribution in [2.75, 3.05) is 0 Å². The molecular formula is C24H14O5. The van der Waals surface area contributed by atoms with Crippen LogP contribution in [0.5, 0.6) is 5.75 Å². The van der Waals surface area contributed by atoms with Gasteiger partial charge in [0.15, 0.2) is 5.43 Å². The molecule has 0 fully saturated rings. The van der Waals surface area contributed by atoms with E-state index in [-0.39, 0.29) is 16.7 Å². The molecule has 1 aliphatic carbocycles. The van der Waals surface area contributed by atoms with Crippen molar-refractivity contribution in [1.29, 1.82) is 0 Å². The van der Waals surface area contributed by atoms with Crippen LogP contribution in [0.15, 0.2) is 82.0 Å². The number of hydrogen-bond acceptors (Lipinski definition) is 4. The summed E-state index contributed by atoms with van der Waals surface area (Å²) in [7, 11) is 0. The number of aromatic hydroxyl groups is 1. The highest BCUT2D eigenvalue weighted by Gasteiger charge is 2.21. The molecule has 0 bridgehead atoms. The lowest BCUT2D eigenvalue weighted by molar-refractivity contribution is 0.0699. The van der Waals surface area contributed by atoms with E-state index < -0.39 is 5.97 Å². The zero-order chi connectivity index (χ0) is 20.1. The summed E-state index contributed by atoms with van der Waals surface area (Å²) in [6, 6.07) is 20.1. The zero-order valence-corrected chi connectivity index (χ0v) is 15.0. The van der Waals surface area contributed by atoms with Crippen LogP contribution < -0.4 is 5.43 Å². The maximum Gasteiger partial charge on any atom is 0.336 e. The minimum absolute atomic E-state index is 0.0361. The fraction of sp³-hybridized carbons (Fsp3) is 0. The predicted octanol–water partition coefficient (Wildman–Crippen LogP) is 5.12. The van der Waals surface area contributed by atoms with Crippen LogP contribution in [0.3, 0.4) is 0 Å². The molecule has 0 unspecified atom stereocenters. The third-order valence-corrected chi connectivity index (χ3v) is 5.08. The van der Waals surface area contributed by atoms with Gasteiger partial charge in [0.2, 0.25) is 0 Å². The van der Waals surface area contributed by atoms with Gasteiger partial charge < -0.3 is 14.6 Å². The molecule has 0 radical (unpaired) electrons. The molecule has 0 aromatic heterocycles. The van der Waals surface area contributed by atoms with Gasteiger partial charge in [-0.25, -0.2) is 4.79 Å². The first kappa shape index (κ1) is 17.0. The number of carboxylic acids is 1. The predicted molar refractivity (Wildman–Crippen MR) is 111 cm³/mol. The summed E-state index contributed by atoms with van der Waals surface area (Å²) in [5.74, 6) is -0.610. The molecule has 3 aromatic carbocycles. The SMILES string of the molecule is O=C(O)c1cccc2cccc(-c3c4ccc(=O)cc-4oc4cc(O)ccc34)c12. The van der Waals surface area contributed by atoms with Gasteiger partial charge in [-0.15, -0.1) is 0 Å². The Labute approximate surface area is 164 Å². The minimum atomic E-state index is -1.02. The Morgan fingerprint density at radius 1 is 0.862 bits per heavy atom. The number of phenolic OH excluding ortho intramolecular Hbond substituents is 1. The Morgan fingerprint density at radius 2 is 1.66 bits per heavy atom. The highest BCUT2D eigenvalue weighted by atomic mass is 16.4. The van der Waals surface area contributed by atoms with Crippen molar-refractivity contribution in [3.05, 3.63) is 88.6 Å². The summed E-state index contributed by atoms with van der Waals surface area (Å²) >= 11 is 0. The van der Waals surface area contributed by atoms with Gasteiger partial charge >= 0.3 is 5.97 Å². The molecule has 5 nitrogen and oxygen atoms in total. The summed E-state index contributed by atoms with van der Waals surface area (Å²) in [5.41, 5.74) is 2.56. The van der Waals surface area contributed by atoms with Crippen LogP contribution in [0.1, 0.15) is 10.4 Å². The maximum atomic E-state index is 11.9. The molecule has 1 heterocycles. The van der Waals surface area contributed by atoms with E-state index in [4.69, 9.17) is 4.42 Å². The van der Waals surface area contributed by atoms with Crippen molar-refractivity contribution in [3.8, 4) is 28.2 Å². The molecule has 2 aliphatic rings. The van der Waals surface area contributed by atoms with Gasteiger partial charge in [-0.3, -0.25) is 4.79 Å². The summed E-state index contributed by atoms with van der Waals surface area (Å²) in [4.78, 5) is 23.8. The van der Waals surface area contributed by atoms with E-state index in [2.05, 4.69) is 0 Å². The lowest BCUT2D eigenvalue weighted by Gasteiger charge is -2.17. The minimum Gasteiger partial charge on any atom is -0.508 e. The van der Waals surface area contributed by atoms with Crippen molar-refractivity contribution >= 4 is 27.7 Å². The van der Waals surface area contributed by atoms with Crippen molar-refractivity contribution < 1.29 is 19.4 Å². The van der Waals surface area contributed by atoms with Crippen molar-refractivity contribution in [1.82, 2.24) is 0 Å². The van der Waals surface area contributed by atoms with Crippen LogP contribution in [-0.4, -0.2) is 16.2 Å². The van der Waals surface area contributed by atoms with E-state index in [1.807, 2.05) is 24.3 Å². The number of rotatable bonds is 2. The lowest BCUT2D eigenvalue weighted by atomic mass is 9.89. The molecule has 0 atom stereocenters. The van der Waals surface area contributed by atoms with Crippen molar-refractivity contribution in [2.24, 2.45) is 0 Å². The van der Waals surface area contributed by atoms with Gasteiger partial charge in [0.1, 0.15) is 17.1 Å². The van der Waals surface area contributed by atoms with E-state index in [9.17, 15) is 19.8 Å². The Kier molecular flexibility index (Phi) is 3.64. The summed E-state index contributed by atoms with van der Waals surface area (Å²) < 4.78 is 5.88. The van der Waals surface area contributed by atoms with Crippen LogP contribution >= 0.6 is 0 Å². The number of carboxylic acid groups (broad SMARTS) is 1. The number of aromatic carboxylic acids is 1. The second kappa shape index (κ2) is 6.21. The van der Waals surface area contributed by atoms with Gasteiger partial charge in [-0.1, -0.05) is 30.3 Å². The van der Waals surface area contributed by atoms with Gasteiger partial charge in [-0.05, 0) is 41.3 Å². The maximum absolute atomic E-state index is 11.9. The van der Waals surface area contributed by atoms with E-state index >= 15 is 0 Å². The topological polar surface area (TPSA) is 87.7 Å². The van der Waals surface area contributed by atoms with Crippen LogP contribution in [-0.2, 0) is 0 Å². The third-order valence-electron chi connectivity index (χ3n) is 5.08. The van der Waals surface area contributed by atoms with Gasteiger partial charge in [0.25, 0.3) is 0 Å².